The van der Waals surface area contributed by atoms with Crippen LogP contribution in [0.4, 0.5) is 13.2 Å². The Labute approximate surface area is 115 Å². The van der Waals surface area contributed by atoms with Crippen LogP contribution in [-0.4, -0.2) is 19.0 Å². The SMILES string of the molecule is FC(F)(F)c1cccc(C2CCC3(CC2)OCCO3)c1. The maximum absolute atomic E-state index is 12.7. The van der Waals surface area contributed by atoms with Gasteiger partial charge in [0.25, 0.3) is 0 Å². The minimum Gasteiger partial charge on any atom is -0.348 e. The average Bonchev–Trinajstić information content (AvgIpc) is 2.87. The van der Waals surface area contributed by atoms with Gasteiger partial charge in [-0.1, -0.05) is 18.2 Å². The Hall–Kier alpha value is -1.07. The molecule has 1 saturated heterocycles. The van der Waals surface area contributed by atoms with Crippen molar-refractivity contribution in [2.24, 2.45) is 0 Å². The summed E-state index contributed by atoms with van der Waals surface area (Å²) in [6.45, 7) is 1.24. The molecule has 1 spiro atoms. The fourth-order valence-corrected chi connectivity index (χ4v) is 3.15. The Bertz CT molecular complexity index is 468. The molecule has 0 bridgehead atoms. The van der Waals surface area contributed by atoms with Crippen LogP contribution < -0.4 is 0 Å². The first-order valence-electron chi connectivity index (χ1n) is 6.94. The van der Waals surface area contributed by atoms with Crippen molar-refractivity contribution in [1.29, 1.82) is 0 Å². The summed E-state index contributed by atoms with van der Waals surface area (Å²) in [5.74, 6) is -0.297. The van der Waals surface area contributed by atoms with E-state index in [4.69, 9.17) is 9.47 Å². The maximum atomic E-state index is 12.7. The fraction of sp³-hybridized carbons (Fsp3) is 0.600. The van der Waals surface area contributed by atoms with Gasteiger partial charge in [-0.2, -0.15) is 13.2 Å². The molecule has 0 amide bonds. The highest BCUT2D eigenvalue weighted by atomic mass is 19.4. The summed E-state index contributed by atoms with van der Waals surface area (Å²) in [6.07, 6.45) is -1.14. The van der Waals surface area contributed by atoms with Crippen molar-refractivity contribution in [3.63, 3.8) is 0 Å². The van der Waals surface area contributed by atoms with Crippen LogP contribution in [0.2, 0.25) is 0 Å². The third-order valence-corrected chi connectivity index (χ3v) is 4.25. The lowest BCUT2D eigenvalue weighted by molar-refractivity contribution is -0.178. The summed E-state index contributed by atoms with van der Waals surface area (Å²) in [5, 5.41) is 0. The van der Waals surface area contributed by atoms with Crippen LogP contribution in [0.15, 0.2) is 24.3 Å². The van der Waals surface area contributed by atoms with Gasteiger partial charge in [0, 0.05) is 12.8 Å². The number of ether oxygens (including phenoxy) is 2. The second-order valence-corrected chi connectivity index (χ2v) is 5.51. The zero-order valence-corrected chi connectivity index (χ0v) is 11.1. The van der Waals surface area contributed by atoms with E-state index in [2.05, 4.69) is 0 Å². The van der Waals surface area contributed by atoms with Crippen LogP contribution >= 0.6 is 0 Å². The molecule has 20 heavy (non-hydrogen) atoms. The second-order valence-electron chi connectivity index (χ2n) is 5.51. The summed E-state index contributed by atoms with van der Waals surface area (Å²) in [5.41, 5.74) is 0.205. The van der Waals surface area contributed by atoms with E-state index in [1.807, 2.05) is 0 Å². The van der Waals surface area contributed by atoms with Crippen LogP contribution in [0.25, 0.3) is 0 Å². The molecule has 110 valence electrons. The standard InChI is InChI=1S/C15H17F3O2/c16-15(17,18)13-3-1-2-12(10-13)11-4-6-14(7-5-11)19-8-9-20-14/h1-3,10-11H,4-9H2. The second kappa shape index (κ2) is 5.04. The predicted molar refractivity (Wildman–Crippen MR) is 67.3 cm³/mol. The van der Waals surface area contributed by atoms with E-state index < -0.39 is 17.5 Å². The Morgan fingerprint density at radius 3 is 2.30 bits per heavy atom. The van der Waals surface area contributed by atoms with Crippen LogP contribution in [0.1, 0.15) is 42.7 Å². The van der Waals surface area contributed by atoms with Gasteiger partial charge in [-0.15, -0.1) is 0 Å². The van der Waals surface area contributed by atoms with E-state index in [1.165, 1.54) is 12.1 Å². The van der Waals surface area contributed by atoms with Gasteiger partial charge in [0.15, 0.2) is 5.79 Å². The fourth-order valence-electron chi connectivity index (χ4n) is 3.15. The topological polar surface area (TPSA) is 18.5 Å². The molecule has 0 unspecified atom stereocenters. The molecule has 3 rings (SSSR count). The van der Waals surface area contributed by atoms with E-state index >= 15 is 0 Å². The number of hydrogen-bond donors (Lipinski definition) is 0. The van der Waals surface area contributed by atoms with E-state index in [9.17, 15) is 13.2 Å². The quantitative estimate of drug-likeness (QED) is 0.773. The molecule has 0 aromatic heterocycles. The average molecular weight is 286 g/mol. The first-order chi connectivity index (χ1) is 9.49. The smallest absolute Gasteiger partial charge is 0.348 e. The summed E-state index contributed by atoms with van der Waals surface area (Å²) in [7, 11) is 0. The van der Waals surface area contributed by atoms with Gasteiger partial charge < -0.3 is 9.47 Å². The van der Waals surface area contributed by atoms with Gasteiger partial charge >= 0.3 is 6.18 Å². The van der Waals surface area contributed by atoms with Crippen molar-refractivity contribution in [3.05, 3.63) is 35.4 Å². The van der Waals surface area contributed by atoms with Crippen molar-refractivity contribution in [1.82, 2.24) is 0 Å². The van der Waals surface area contributed by atoms with Crippen molar-refractivity contribution in [3.8, 4) is 0 Å². The summed E-state index contributed by atoms with van der Waals surface area (Å²) < 4.78 is 49.5. The molecule has 0 radical (unpaired) electrons. The largest absolute Gasteiger partial charge is 0.416 e. The van der Waals surface area contributed by atoms with Gasteiger partial charge in [-0.3, -0.25) is 0 Å². The number of hydrogen-bond acceptors (Lipinski definition) is 2. The Kier molecular flexibility index (Phi) is 3.50. The van der Waals surface area contributed by atoms with Crippen LogP contribution in [0.5, 0.6) is 0 Å². The van der Waals surface area contributed by atoms with Gasteiger partial charge in [0.1, 0.15) is 0 Å². The number of halogens is 3. The molecular weight excluding hydrogens is 269 g/mol. The molecule has 1 aliphatic carbocycles. The Balaban J connectivity index is 1.72. The molecule has 1 heterocycles. The normalized spacial score (nSPS) is 23.4. The minimum absolute atomic E-state index is 0.163. The third-order valence-electron chi connectivity index (χ3n) is 4.25. The molecule has 1 saturated carbocycles. The highest BCUT2D eigenvalue weighted by molar-refractivity contribution is 5.28. The molecule has 2 aliphatic rings. The maximum Gasteiger partial charge on any atom is 0.416 e. The zero-order valence-electron chi connectivity index (χ0n) is 11.1. The minimum atomic E-state index is -4.27. The molecule has 2 fully saturated rings. The van der Waals surface area contributed by atoms with E-state index in [0.717, 1.165) is 37.3 Å². The third kappa shape index (κ3) is 2.69. The molecule has 1 aliphatic heterocycles. The van der Waals surface area contributed by atoms with Crippen LogP contribution in [0, 0.1) is 0 Å². The van der Waals surface area contributed by atoms with Gasteiger partial charge in [-0.25, -0.2) is 0 Å². The molecule has 1 aromatic carbocycles. The highest BCUT2D eigenvalue weighted by Crippen LogP contribution is 2.43. The molecule has 0 atom stereocenters. The van der Waals surface area contributed by atoms with E-state index in [1.54, 1.807) is 6.07 Å². The molecule has 0 N–H and O–H groups in total. The van der Waals surface area contributed by atoms with Crippen molar-refractivity contribution >= 4 is 0 Å². The van der Waals surface area contributed by atoms with Gasteiger partial charge in [-0.05, 0) is 30.4 Å². The molecule has 1 aromatic rings. The van der Waals surface area contributed by atoms with Crippen LogP contribution in [-0.2, 0) is 15.7 Å². The summed E-state index contributed by atoms with van der Waals surface area (Å²) >= 11 is 0. The van der Waals surface area contributed by atoms with Crippen molar-refractivity contribution < 1.29 is 22.6 Å². The van der Waals surface area contributed by atoms with Crippen molar-refractivity contribution in [2.45, 2.75) is 43.6 Å². The Morgan fingerprint density at radius 1 is 1.05 bits per heavy atom. The zero-order chi connectivity index (χ0) is 14.2. The number of alkyl halides is 3. The lowest BCUT2D eigenvalue weighted by Crippen LogP contribution is -2.34. The summed E-state index contributed by atoms with van der Waals surface area (Å²) in [4.78, 5) is 0. The van der Waals surface area contributed by atoms with Gasteiger partial charge in [0.05, 0.1) is 18.8 Å². The van der Waals surface area contributed by atoms with Crippen molar-refractivity contribution in [2.75, 3.05) is 13.2 Å². The lowest BCUT2D eigenvalue weighted by atomic mass is 9.80. The monoisotopic (exact) mass is 286 g/mol. The Morgan fingerprint density at radius 2 is 1.70 bits per heavy atom. The van der Waals surface area contributed by atoms with E-state index in [0.29, 0.717) is 13.2 Å². The molecular formula is C15H17F3O2. The van der Waals surface area contributed by atoms with E-state index in [-0.39, 0.29) is 5.92 Å². The first kappa shape index (κ1) is 13.9. The lowest BCUT2D eigenvalue weighted by Gasteiger charge is -2.35. The molecule has 2 nitrogen and oxygen atoms in total. The number of benzene rings is 1. The van der Waals surface area contributed by atoms with Gasteiger partial charge in [0.2, 0.25) is 0 Å². The predicted octanol–water partition coefficient (Wildman–Crippen LogP) is 4.11. The summed E-state index contributed by atoms with van der Waals surface area (Å²) in [6, 6.07) is 5.68. The van der Waals surface area contributed by atoms with Crippen LogP contribution in [0.3, 0.4) is 0 Å². The number of rotatable bonds is 1. The highest BCUT2D eigenvalue weighted by Gasteiger charge is 2.40. The molecule has 5 heteroatoms. The first-order valence-corrected chi connectivity index (χ1v) is 6.94.